The molecule has 1 atom stereocenters. The highest BCUT2D eigenvalue weighted by molar-refractivity contribution is 7.10. The summed E-state index contributed by atoms with van der Waals surface area (Å²) in [6, 6.07) is 27.2. The van der Waals surface area contributed by atoms with E-state index in [1.54, 1.807) is 46.6 Å². The number of fused-ring (bicyclic) bond motifs is 2. The van der Waals surface area contributed by atoms with Crippen LogP contribution < -0.4 is 4.74 Å². The predicted octanol–water partition coefficient (Wildman–Crippen LogP) is 7.97. The number of alkyl halides is 3. The number of piperidine rings is 1. The fraction of sp³-hybridized carbons (Fsp3) is 0.244. The summed E-state index contributed by atoms with van der Waals surface area (Å²) >= 11 is 1.38. The van der Waals surface area contributed by atoms with Crippen molar-refractivity contribution in [2.24, 2.45) is 4.99 Å². The summed E-state index contributed by atoms with van der Waals surface area (Å²) < 4.78 is 44.8. The smallest absolute Gasteiger partial charge is 0.416 e. The first-order valence-corrected chi connectivity index (χ1v) is 18.4. The Morgan fingerprint density at radius 1 is 0.870 bits per heavy atom. The molecule has 8 rings (SSSR count). The molecule has 3 amide bonds. The summed E-state index contributed by atoms with van der Waals surface area (Å²) in [6.45, 7) is 1.08. The van der Waals surface area contributed by atoms with Gasteiger partial charge in [-0.05, 0) is 71.5 Å². The van der Waals surface area contributed by atoms with Crippen molar-refractivity contribution in [3.8, 4) is 16.9 Å². The number of ether oxygens (including phenoxy) is 1. The maximum atomic E-state index is 14.0. The van der Waals surface area contributed by atoms with Crippen molar-refractivity contribution in [3.05, 3.63) is 135 Å². The average molecular weight is 750 g/mol. The van der Waals surface area contributed by atoms with Crippen LogP contribution in [0, 0.1) is 0 Å². The molecule has 3 aliphatic rings. The number of aromatic nitrogens is 1. The molecule has 1 aromatic heterocycles. The van der Waals surface area contributed by atoms with Gasteiger partial charge < -0.3 is 9.64 Å². The minimum Gasteiger partial charge on any atom is -0.497 e. The maximum absolute atomic E-state index is 14.0. The van der Waals surface area contributed by atoms with Crippen LogP contribution in [0.15, 0.2) is 107 Å². The first kappa shape index (κ1) is 35.2. The number of hydrogen-bond donors (Lipinski definition) is 0. The van der Waals surface area contributed by atoms with Crippen molar-refractivity contribution in [3.63, 3.8) is 0 Å². The van der Waals surface area contributed by atoms with Crippen LogP contribution in [0.3, 0.4) is 0 Å². The molecule has 0 N–H and O–H groups in total. The molecule has 4 aromatic carbocycles. The van der Waals surface area contributed by atoms with Gasteiger partial charge >= 0.3 is 6.18 Å². The van der Waals surface area contributed by atoms with E-state index in [-0.39, 0.29) is 41.8 Å². The Bertz CT molecular complexity index is 2260. The maximum Gasteiger partial charge on any atom is 0.416 e. The van der Waals surface area contributed by atoms with E-state index in [2.05, 4.69) is 0 Å². The minimum absolute atomic E-state index is 0.0230. The number of halogens is 3. The zero-order valence-electron chi connectivity index (χ0n) is 29.1. The zero-order valence-corrected chi connectivity index (χ0v) is 29.9. The van der Waals surface area contributed by atoms with Crippen LogP contribution in [0.4, 0.5) is 18.9 Å². The van der Waals surface area contributed by atoms with Crippen LogP contribution in [0.5, 0.6) is 5.75 Å². The molecule has 13 heteroatoms. The third-order valence-electron chi connectivity index (χ3n) is 10.3. The molecular formula is C41H34F3N5O4S. The number of thiazole rings is 1. The largest absolute Gasteiger partial charge is 0.497 e. The first-order valence-electron chi connectivity index (χ1n) is 17.5. The standard InChI is InChI=1S/C41H34F3N5O4S/c1-53-29-16-12-26(13-17-29)33-22-48-36(50)23-49(40(48)46-34-9-5-4-7-31(33)34)39(52)35-24-54-37(45-35)27-18-20-47(21-19-27)38(51)32-8-3-2-6-30(32)25-10-14-28(15-11-25)41(42,43)44/h2-17,24,27,33H,18-23H2,1H3. The number of aliphatic imine (C=N–C) groups is 1. The third-order valence-corrected chi connectivity index (χ3v) is 11.3. The Labute approximate surface area is 313 Å². The van der Waals surface area contributed by atoms with E-state index in [0.29, 0.717) is 54.9 Å². The average Bonchev–Trinajstić information content (AvgIpc) is 3.76. The molecule has 2 fully saturated rings. The summed E-state index contributed by atoms with van der Waals surface area (Å²) in [5, 5.41) is 2.50. The lowest BCUT2D eigenvalue weighted by molar-refractivity contribution is -0.137. The van der Waals surface area contributed by atoms with Crippen molar-refractivity contribution in [2.75, 3.05) is 33.3 Å². The third kappa shape index (κ3) is 6.64. The number of amides is 3. The number of guanidine groups is 1. The monoisotopic (exact) mass is 749 g/mol. The number of rotatable bonds is 6. The van der Waals surface area contributed by atoms with Gasteiger partial charge in [-0.3, -0.25) is 24.2 Å². The Morgan fingerprint density at radius 2 is 1.57 bits per heavy atom. The molecular weight excluding hydrogens is 716 g/mol. The SMILES string of the molecule is COc1ccc(C2CN3C(=O)CN(C(=O)c4csc(C5CCN(C(=O)c6ccccc6-c6ccc(C(F)(F)F)cc6)CC5)n4)C3=Nc3ccccc32)cc1. The van der Waals surface area contributed by atoms with Crippen molar-refractivity contribution < 1.29 is 32.3 Å². The fourth-order valence-corrected chi connectivity index (χ4v) is 8.35. The van der Waals surface area contributed by atoms with Gasteiger partial charge in [0.15, 0.2) is 0 Å². The van der Waals surface area contributed by atoms with Gasteiger partial charge in [0.1, 0.15) is 18.0 Å². The predicted molar refractivity (Wildman–Crippen MR) is 198 cm³/mol. The van der Waals surface area contributed by atoms with Gasteiger partial charge in [-0.15, -0.1) is 11.3 Å². The normalized spacial score (nSPS) is 17.5. The van der Waals surface area contributed by atoms with E-state index >= 15 is 0 Å². The number of hydrogen-bond acceptors (Lipinski definition) is 7. The van der Waals surface area contributed by atoms with Crippen molar-refractivity contribution >= 4 is 40.7 Å². The van der Waals surface area contributed by atoms with E-state index in [9.17, 15) is 27.6 Å². The molecule has 0 bridgehead atoms. The van der Waals surface area contributed by atoms with E-state index in [0.717, 1.165) is 34.0 Å². The first-order chi connectivity index (χ1) is 26.1. The van der Waals surface area contributed by atoms with E-state index in [4.69, 9.17) is 14.7 Å². The van der Waals surface area contributed by atoms with Crippen LogP contribution >= 0.6 is 11.3 Å². The lowest BCUT2D eigenvalue weighted by Gasteiger charge is -2.31. The van der Waals surface area contributed by atoms with Crippen LogP contribution in [0.25, 0.3) is 11.1 Å². The number of carbonyl (C=O) groups is 3. The second-order valence-electron chi connectivity index (χ2n) is 13.5. The van der Waals surface area contributed by atoms with E-state index < -0.39 is 17.6 Å². The lowest BCUT2D eigenvalue weighted by Crippen LogP contribution is -2.39. The summed E-state index contributed by atoms with van der Waals surface area (Å²) in [7, 11) is 1.61. The molecule has 5 aromatic rings. The summed E-state index contributed by atoms with van der Waals surface area (Å²) in [6.07, 6.45) is -3.19. The summed E-state index contributed by atoms with van der Waals surface area (Å²) in [5.74, 6) is 0.0485. The second kappa shape index (κ2) is 14.2. The van der Waals surface area contributed by atoms with Gasteiger partial charge in [0.25, 0.3) is 11.8 Å². The molecule has 3 aliphatic heterocycles. The Kier molecular flexibility index (Phi) is 9.26. The zero-order chi connectivity index (χ0) is 37.6. The molecule has 0 saturated carbocycles. The molecule has 1 unspecified atom stereocenters. The molecule has 274 valence electrons. The van der Waals surface area contributed by atoms with Crippen LogP contribution in [0.2, 0.25) is 0 Å². The number of benzene rings is 4. The molecule has 0 aliphatic carbocycles. The number of carbonyl (C=O) groups excluding carboxylic acids is 3. The summed E-state index contributed by atoms with van der Waals surface area (Å²) in [4.78, 5) is 55.5. The molecule has 0 spiro atoms. The van der Waals surface area contributed by atoms with Crippen LogP contribution in [-0.4, -0.2) is 76.7 Å². The van der Waals surface area contributed by atoms with Gasteiger partial charge in [0.2, 0.25) is 11.9 Å². The van der Waals surface area contributed by atoms with Gasteiger partial charge in [-0.25, -0.2) is 9.98 Å². The Morgan fingerprint density at radius 3 is 2.30 bits per heavy atom. The van der Waals surface area contributed by atoms with E-state index in [1.807, 2.05) is 48.5 Å². The highest BCUT2D eigenvalue weighted by Gasteiger charge is 2.42. The van der Waals surface area contributed by atoms with Gasteiger partial charge in [-0.1, -0.05) is 60.7 Å². The quantitative estimate of drug-likeness (QED) is 0.176. The van der Waals surface area contributed by atoms with E-state index in [1.165, 1.54) is 28.4 Å². The fourth-order valence-electron chi connectivity index (χ4n) is 7.38. The minimum atomic E-state index is -4.45. The lowest BCUT2D eigenvalue weighted by atomic mass is 9.90. The van der Waals surface area contributed by atoms with Gasteiger partial charge in [0, 0.05) is 42.4 Å². The molecule has 9 nitrogen and oxygen atoms in total. The molecule has 0 radical (unpaired) electrons. The Balaban J connectivity index is 0.957. The highest BCUT2D eigenvalue weighted by atomic mass is 32.1. The number of methoxy groups -OCH3 is 1. The topological polar surface area (TPSA) is 95.4 Å². The van der Waals surface area contributed by atoms with Crippen molar-refractivity contribution in [1.29, 1.82) is 0 Å². The second-order valence-corrected chi connectivity index (χ2v) is 14.3. The van der Waals surface area contributed by atoms with Crippen molar-refractivity contribution in [2.45, 2.75) is 30.9 Å². The van der Waals surface area contributed by atoms with Crippen LogP contribution in [0.1, 0.15) is 67.2 Å². The number of likely N-dealkylation sites (tertiary alicyclic amines) is 1. The number of para-hydroxylation sites is 1. The van der Waals surface area contributed by atoms with Gasteiger partial charge in [0.05, 0.1) is 23.4 Å². The van der Waals surface area contributed by atoms with Gasteiger partial charge in [-0.2, -0.15) is 13.2 Å². The van der Waals surface area contributed by atoms with Crippen LogP contribution in [-0.2, 0) is 11.0 Å². The Hall–Kier alpha value is -5.82. The highest BCUT2D eigenvalue weighted by Crippen LogP contribution is 2.39. The van der Waals surface area contributed by atoms with Crippen molar-refractivity contribution in [1.82, 2.24) is 19.7 Å². The molecule has 4 heterocycles. The molecule has 54 heavy (non-hydrogen) atoms. The summed E-state index contributed by atoms with van der Waals surface area (Å²) in [5.41, 5.74) is 3.64. The molecule has 2 saturated heterocycles. The number of nitrogens with zero attached hydrogens (tertiary/aromatic N) is 5.